The number of ether oxygens (including phenoxy) is 1. The molecule has 0 heterocycles. The van der Waals surface area contributed by atoms with E-state index in [0.29, 0.717) is 17.9 Å². The second-order valence-electron chi connectivity index (χ2n) is 4.69. The number of nitrogens with one attached hydrogen (secondary N) is 1. The summed E-state index contributed by atoms with van der Waals surface area (Å²) < 4.78 is 5.18. The van der Waals surface area contributed by atoms with E-state index in [0.717, 1.165) is 11.3 Å². The van der Waals surface area contributed by atoms with Gasteiger partial charge in [0.25, 0.3) is 5.91 Å². The SMILES string of the molecule is NC(=O)COc1ccc(CNc2ccc(C(N)=O)cc2)cc1. The lowest BCUT2D eigenvalue weighted by atomic mass is 10.2. The summed E-state index contributed by atoms with van der Waals surface area (Å²) in [7, 11) is 0. The molecule has 0 spiro atoms. The summed E-state index contributed by atoms with van der Waals surface area (Å²) >= 11 is 0. The molecule has 0 aliphatic carbocycles. The van der Waals surface area contributed by atoms with Crippen LogP contribution in [0.2, 0.25) is 0 Å². The molecule has 22 heavy (non-hydrogen) atoms. The van der Waals surface area contributed by atoms with Crippen LogP contribution in [0.5, 0.6) is 5.75 Å². The van der Waals surface area contributed by atoms with Gasteiger partial charge in [-0.15, -0.1) is 0 Å². The van der Waals surface area contributed by atoms with Gasteiger partial charge in [0.2, 0.25) is 5.91 Å². The molecule has 6 nitrogen and oxygen atoms in total. The maximum atomic E-state index is 11.0. The van der Waals surface area contributed by atoms with Crippen molar-refractivity contribution in [1.29, 1.82) is 0 Å². The monoisotopic (exact) mass is 299 g/mol. The number of hydrogen-bond acceptors (Lipinski definition) is 4. The Hall–Kier alpha value is -3.02. The molecule has 6 heteroatoms. The number of hydrogen-bond donors (Lipinski definition) is 3. The Balaban J connectivity index is 1.88. The lowest BCUT2D eigenvalue weighted by Crippen LogP contribution is -2.19. The fraction of sp³-hybridized carbons (Fsp3) is 0.125. The second-order valence-corrected chi connectivity index (χ2v) is 4.69. The Morgan fingerprint density at radius 1 is 0.955 bits per heavy atom. The Morgan fingerprint density at radius 2 is 1.59 bits per heavy atom. The van der Waals surface area contributed by atoms with Gasteiger partial charge in [-0.1, -0.05) is 12.1 Å². The van der Waals surface area contributed by atoms with Gasteiger partial charge in [-0.2, -0.15) is 0 Å². The van der Waals surface area contributed by atoms with Gasteiger partial charge in [0, 0.05) is 17.8 Å². The van der Waals surface area contributed by atoms with Gasteiger partial charge in [-0.3, -0.25) is 9.59 Å². The van der Waals surface area contributed by atoms with Crippen molar-refractivity contribution in [2.24, 2.45) is 11.5 Å². The van der Waals surface area contributed by atoms with Gasteiger partial charge >= 0.3 is 0 Å². The first-order chi connectivity index (χ1) is 10.5. The summed E-state index contributed by atoms with van der Waals surface area (Å²) in [5.41, 5.74) is 12.6. The zero-order valence-electron chi connectivity index (χ0n) is 11.9. The van der Waals surface area contributed by atoms with Crippen LogP contribution in [-0.2, 0) is 11.3 Å². The highest BCUT2D eigenvalue weighted by atomic mass is 16.5. The van der Waals surface area contributed by atoms with Crippen LogP contribution < -0.4 is 21.5 Å². The fourth-order valence-electron chi connectivity index (χ4n) is 1.81. The summed E-state index contributed by atoms with van der Waals surface area (Å²) in [6.07, 6.45) is 0. The third-order valence-corrected chi connectivity index (χ3v) is 2.97. The van der Waals surface area contributed by atoms with Crippen molar-refractivity contribution in [1.82, 2.24) is 0 Å². The van der Waals surface area contributed by atoms with Crippen molar-refractivity contribution in [3.8, 4) is 5.75 Å². The number of rotatable bonds is 7. The van der Waals surface area contributed by atoms with Gasteiger partial charge in [0.15, 0.2) is 6.61 Å². The number of carbonyl (C=O) groups excluding carboxylic acids is 2. The molecule has 2 amide bonds. The van der Waals surface area contributed by atoms with Crippen molar-refractivity contribution in [2.45, 2.75) is 6.54 Å². The second kappa shape index (κ2) is 7.12. The minimum absolute atomic E-state index is 0.135. The summed E-state index contributed by atoms with van der Waals surface area (Å²) in [4.78, 5) is 21.6. The van der Waals surface area contributed by atoms with Crippen molar-refractivity contribution in [2.75, 3.05) is 11.9 Å². The van der Waals surface area contributed by atoms with E-state index in [9.17, 15) is 9.59 Å². The van der Waals surface area contributed by atoms with E-state index < -0.39 is 11.8 Å². The molecule has 0 bridgehead atoms. The number of nitrogens with two attached hydrogens (primary N) is 2. The highest BCUT2D eigenvalue weighted by Gasteiger charge is 2.01. The molecule has 114 valence electrons. The lowest BCUT2D eigenvalue weighted by Gasteiger charge is -2.08. The first kappa shape index (κ1) is 15.4. The van der Waals surface area contributed by atoms with E-state index >= 15 is 0 Å². The fourth-order valence-corrected chi connectivity index (χ4v) is 1.81. The average Bonchev–Trinajstić information content (AvgIpc) is 2.52. The van der Waals surface area contributed by atoms with Crippen LogP contribution in [-0.4, -0.2) is 18.4 Å². The third kappa shape index (κ3) is 4.52. The van der Waals surface area contributed by atoms with E-state index in [1.165, 1.54) is 0 Å². The average molecular weight is 299 g/mol. The van der Waals surface area contributed by atoms with Crippen LogP contribution in [0.4, 0.5) is 5.69 Å². The molecule has 0 atom stereocenters. The Labute approximate surface area is 128 Å². The predicted molar refractivity (Wildman–Crippen MR) is 83.4 cm³/mol. The number of carbonyl (C=O) groups is 2. The largest absolute Gasteiger partial charge is 0.484 e. The molecule has 0 saturated heterocycles. The minimum atomic E-state index is -0.509. The molecule has 2 aromatic carbocycles. The number of amides is 2. The molecule has 5 N–H and O–H groups in total. The number of primary amides is 2. The summed E-state index contributed by atoms with van der Waals surface area (Å²) in [5, 5.41) is 3.23. The molecule has 2 aromatic rings. The number of anilines is 1. The molecule has 0 aromatic heterocycles. The smallest absolute Gasteiger partial charge is 0.255 e. The van der Waals surface area contributed by atoms with Crippen LogP contribution in [0.3, 0.4) is 0 Å². The van der Waals surface area contributed by atoms with Gasteiger partial charge in [-0.25, -0.2) is 0 Å². The van der Waals surface area contributed by atoms with Crippen LogP contribution in [0.15, 0.2) is 48.5 Å². The van der Waals surface area contributed by atoms with Crippen LogP contribution in [0, 0.1) is 0 Å². The highest BCUT2D eigenvalue weighted by Crippen LogP contribution is 2.14. The first-order valence-corrected chi connectivity index (χ1v) is 6.68. The molecule has 0 fully saturated rings. The highest BCUT2D eigenvalue weighted by molar-refractivity contribution is 5.93. The summed E-state index contributed by atoms with van der Waals surface area (Å²) in [5.74, 6) is -0.364. The van der Waals surface area contributed by atoms with Crippen molar-refractivity contribution in [3.05, 3.63) is 59.7 Å². The molecule has 2 rings (SSSR count). The minimum Gasteiger partial charge on any atom is -0.484 e. The van der Waals surface area contributed by atoms with Crippen LogP contribution in [0.1, 0.15) is 15.9 Å². The van der Waals surface area contributed by atoms with E-state index in [4.69, 9.17) is 16.2 Å². The molecule has 0 aliphatic heterocycles. The quantitative estimate of drug-likeness (QED) is 0.715. The zero-order valence-corrected chi connectivity index (χ0v) is 11.9. The Kier molecular flexibility index (Phi) is 4.98. The van der Waals surface area contributed by atoms with Crippen molar-refractivity contribution in [3.63, 3.8) is 0 Å². The maximum Gasteiger partial charge on any atom is 0.255 e. The van der Waals surface area contributed by atoms with Crippen molar-refractivity contribution < 1.29 is 14.3 Å². The number of benzene rings is 2. The zero-order chi connectivity index (χ0) is 15.9. The molecule has 0 radical (unpaired) electrons. The molecule has 0 aliphatic rings. The van der Waals surface area contributed by atoms with Crippen LogP contribution >= 0.6 is 0 Å². The van der Waals surface area contributed by atoms with Gasteiger partial charge in [-0.05, 0) is 42.0 Å². The maximum absolute atomic E-state index is 11.0. The van der Waals surface area contributed by atoms with E-state index in [-0.39, 0.29) is 6.61 Å². The summed E-state index contributed by atoms with van der Waals surface area (Å²) in [6.45, 7) is 0.482. The lowest BCUT2D eigenvalue weighted by molar-refractivity contribution is -0.119. The van der Waals surface area contributed by atoms with Gasteiger partial charge < -0.3 is 21.5 Å². The third-order valence-electron chi connectivity index (χ3n) is 2.97. The van der Waals surface area contributed by atoms with E-state index in [1.54, 1.807) is 36.4 Å². The van der Waals surface area contributed by atoms with Gasteiger partial charge in [0.05, 0.1) is 0 Å². The first-order valence-electron chi connectivity index (χ1n) is 6.68. The molecule has 0 unspecified atom stereocenters. The van der Waals surface area contributed by atoms with Crippen LogP contribution in [0.25, 0.3) is 0 Å². The molecule has 0 saturated carbocycles. The topological polar surface area (TPSA) is 107 Å². The van der Waals surface area contributed by atoms with E-state index in [2.05, 4.69) is 5.32 Å². The van der Waals surface area contributed by atoms with Crippen molar-refractivity contribution >= 4 is 17.5 Å². The molecular weight excluding hydrogens is 282 g/mol. The summed E-state index contributed by atoms with van der Waals surface area (Å²) in [6, 6.07) is 14.3. The van der Waals surface area contributed by atoms with E-state index in [1.807, 2.05) is 12.1 Å². The Morgan fingerprint density at radius 3 is 2.14 bits per heavy atom. The standard InChI is InChI=1S/C16H17N3O3/c17-15(20)10-22-14-7-1-11(2-8-14)9-19-13-5-3-12(4-6-13)16(18)21/h1-8,19H,9-10H2,(H2,17,20)(H2,18,21). The van der Waals surface area contributed by atoms with Gasteiger partial charge in [0.1, 0.15) is 5.75 Å². The normalized spacial score (nSPS) is 10.0. The predicted octanol–water partition coefficient (Wildman–Crippen LogP) is 1.26. The molecular formula is C16H17N3O3. The Bertz CT molecular complexity index is 651.